The monoisotopic (exact) mass is 262 g/mol. The molecule has 0 unspecified atom stereocenters. The summed E-state index contributed by atoms with van der Waals surface area (Å²) < 4.78 is 53.2. The van der Waals surface area contributed by atoms with Gasteiger partial charge in [0, 0.05) is 12.5 Å². The average molecular weight is 262 g/mol. The highest BCUT2D eigenvalue weighted by atomic mass is 32.2. The fourth-order valence-electron chi connectivity index (χ4n) is 2.08. The van der Waals surface area contributed by atoms with Crippen LogP contribution in [0.5, 0.6) is 0 Å². The number of rotatable bonds is 2. The van der Waals surface area contributed by atoms with E-state index in [4.69, 9.17) is 4.18 Å². The molecule has 2 rings (SSSR count). The van der Waals surface area contributed by atoms with Crippen LogP contribution in [0, 0.1) is 11.6 Å². The molecule has 0 spiro atoms. The van der Waals surface area contributed by atoms with Gasteiger partial charge in [-0.3, -0.25) is 4.18 Å². The third-order valence-electron chi connectivity index (χ3n) is 2.73. The van der Waals surface area contributed by atoms with E-state index in [2.05, 4.69) is 0 Å². The Morgan fingerprint density at radius 3 is 2.71 bits per heavy atom. The van der Waals surface area contributed by atoms with Gasteiger partial charge in [-0.25, -0.2) is 8.78 Å². The minimum absolute atomic E-state index is 0.161. The number of hydrogen-bond donors (Lipinski definition) is 0. The second kappa shape index (κ2) is 4.34. The van der Waals surface area contributed by atoms with Gasteiger partial charge in [0.1, 0.15) is 11.6 Å². The van der Waals surface area contributed by atoms with Gasteiger partial charge in [-0.1, -0.05) is 0 Å². The topological polar surface area (TPSA) is 43.4 Å². The lowest BCUT2D eigenvalue weighted by Gasteiger charge is -2.24. The smallest absolute Gasteiger partial charge is 0.264 e. The minimum atomic E-state index is -3.54. The molecule has 0 fully saturated rings. The maximum Gasteiger partial charge on any atom is 0.264 e. The van der Waals surface area contributed by atoms with Crippen molar-refractivity contribution in [2.75, 3.05) is 6.26 Å². The first-order chi connectivity index (χ1) is 7.85. The van der Waals surface area contributed by atoms with E-state index in [1.165, 1.54) is 6.07 Å². The van der Waals surface area contributed by atoms with Crippen LogP contribution >= 0.6 is 0 Å². The highest BCUT2D eigenvalue weighted by Crippen LogP contribution is 2.27. The molecule has 1 aliphatic carbocycles. The summed E-state index contributed by atoms with van der Waals surface area (Å²) in [5.74, 6) is -1.24. The van der Waals surface area contributed by atoms with Crippen LogP contribution in [0.4, 0.5) is 8.78 Å². The summed E-state index contributed by atoms with van der Waals surface area (Å²) in [4.78, 5) is 0. The fourth-order valence-corrected chi connectivity index (χ4v) is 2.74. The standard InChI is InChI=1S/C11H12F2O3S/c1-17(14,15)16-9-3-2-7-4-8(12)5-11(13)10(7)6-9/h4-5,9H,2-3,6H2,1H3/t9-/m0/s1. The van der Waals surface area contributed by atoms with E-state index in [-0.39, 0.29) is 6.42 Å². The quantitative estimate of drug-likeness (QED) is 0.763. The zero-order valence-corrected chi connectivity index (χ0v) is 10.1. The van der Waals surface area contributed by atoms with Crippen LogP contribution in [-0.2, 0) is 27.1 Å². The fraction of sp³-hybridized carbons (Fsp3) is 0.455. The molecule has 1 atom stereocenters. The normalized spacial score (nSPS) is 20.1. The molecule has 0 saturated heterocycles. The van der Waals surface area contributed by atoms with Crippen LogP contribution in [0.2, 0.25) is 0 Å². The van der Waals surface area contributed by atoms with Crippen molar-refractivity contribution in [3.05, 3.63) is 34.9 Å². The van der Waals surface area contributed by atoms with Gasteiger partial charge in [0.05, 0.1) is 12.4 Å². The van der Waals surface area contributed by atoms with Crippen LogP contribution in [0.3, 0.4) is 0 Å². The van der Waals surface area contributed by atoms with E-state index >= 15 is 0 Å². The Morgan fingerprint density at radius 1 is 1.35 bits per heavy atom. The SMILES string of the molecule is CS(=O)(=O)O[C@H]1CCc2cc(F)cc(F)c2C1. The zero-order valence-electron chi connectivity index (χ0n) is 9.24. The van der Waals surface area contributed by atoms with Crippen molar-refractivity contribution in [1.29, 1.82) is 0 Å². The summed E-state index contributed by atoms with van der Waals surface area (Å²) in [6, 6.07) is 2.09. The lowest BCUT2D eigenvalue weighted by atomic mass is 9.89. The molecule has 0 aliphatic heterocycles. The van der Waals surface area contributed by atoms with E-state index in [1.54, 1.807) is 0 Å². The van der Waals surface area contributed by atoms with E-state index in [9.17, 15) is 17.2 Å². The van der Waals surface area contributed by atoms with Crippen molar-refractivity contribution in [2.45, 2.75) is 25.4 Å². The lowest BCUT2D eigenvalue weighted by Crippen LogP contribution is -2.26. The molecule has 1 aromatic rings. The number of fused-ring (bicyclic) bond motifs is 1. The molecule has 0 saturated carbocycles. The van der Waals surface area contributed by atoms with Gasteiger partial charge in [-0.2, -0.15) is 8.42 Å². The van der Waals surface area contributed by atoms with Gasteiger partial charge in [-0.15, -0.1) is 0 Å². The molecule has 0 aromatic heterocycles. The van der Waals surface area contributed by atoms with Crippen molar-refractivity contribution >= 4 is 10.1 Å². The van der Waals surface area contributed by atoms with Gasteiger partial charge >= 0.3 is 0 Å². The number of benzene rings is 1. The summed E-state index contributed by atoms with van der Waals surface area (Å²) >= 11 is 0. The largest absolute Gasteiger partial charge is 0.267 e. The van der Waals surface area contributed by atoms with Crippen LogP contribution in [0.15, 0.2) is 12.1 Å². The highest BCUT2D eigenvalue weighted by molar-refractivity contribution is 7.86. The van der Waals surface area contributed by atoms with Crippen LogP contribution in [0.1, 0.15) is 17.5 Å². The molecule has 3 nitrogen and oxygen atoms in total. The first-order valence-corrected chi connectivity index (χ1v) is 7.02. The van der Waals surface area contributed by atoms with Crippen LogP contribution < -0.4 is 0 Å². The summed E-state index contributed by atoms with van der Waals surface area (Å²) in [6.07, 6.45) is 1.43. The van der Waals surface area contributed by atoms with Crippen molar-refractivity contribution in [2.24, 2.45) is 0 Å². The van der Waals surface area contributed by atoms with E-state index in [1.807, 2.05) is 0 Å². The Bertz CT molecular complexity index is 540. The first-order valence-electron chi connectivity index (χ1n) is 5.20. The third kappa shape index (κ3) is 3.01. The second-order valence-corrected chi connectivity index (χ2v) is 5.79. The Balaban J connectivity index is 2.24. The molecular weight excluding hydrogens is 250 g/mol. The van der Waals surface area contributed by atoms with Gasteiger partial charge in [0.25, 0.3) is 10.1 Å². The molecule has 0 bridgehead atoms. The van der Waals surface area contributed by atoms with Crippen molar-refractivity contribution in [3.8, 4) is 0 Å². The predicted octanol–water partition coefficient (Wildman–Crippen LogP) is 1.80. The summed E-state index contributed by atoms with van der Waals surface area (Å²) in [5, 5.41) is 0. The van der Waals surface area contributed by atoms with Gasteiger partial charge in [0.2, 0.25) is 0 Å². The maximum atomic E-state index is 13.5. The molecule has 6 heteroatoms. The summed E-state index contributed by atoms with van der Waals surface area (Å²) in [5.41, 5.74) is 0.946. The molecule has 0 radical (unpaired) electrons. The molecule has 1 aromatic carbocycles. The average Bonchev–Trinajstić information content (AvgIpc) is 2.16. The third-order valence-corrected chi connectivity index (χ3v) is 3.35. The van der Waals surface area contributed by atoms with Crippen LogP contribution in [-0.4, -0.2) is 20.8 Å². The molecule has 17 heavy (non-hydrogen) atoms. The zero-order chi connectivity index (χ0) is 12.6. The number of aryl methyl sites for hydroxylation is 1. The first kappa shape index (κ1) is 12.4. The highest BCUT2D eigenvalue weighted by Gasteiger charge is 2.25. The number of hydrogen-bond acceptors (Lipinski definition) is 3. The van der Waals surface area contributed by atoms with Crippen molar-refractivity contribution in [1.82, 2.24) is 0 Å². The Labute approximate surface area is 98.5 Å². The minimum Gasteiger partial charge on any atom is -0.267 e. The Morgan fingerprint density at radius 2 is 2.06 bits per heavy atom. The van der Waals surface area contributed by atoms with Crippen LogP contribution in [0.25, 0.3) is 0 Å². The second-order valence-electron chi connectivity index (χ2n) is 4.19. The van der Waals surface area contributed by atoms with Gasteiger partial charge in [0.15, 0.2) is 0 Å². The van der Waals surface area contributed by atoms with E-state index in [0.717, 1.165) is 12.3 Å². The lowest BCUT2D eigenvalue weighted by molar-refractivity contribution is 0.192. The summed E-state index contributed by atoms with van der Waals surface area (Å²) in [7, 11) is -3.54. The van der Waals surface area contributed by atoms with Crippen molar-refractivity contribution < 1.29 is 21.4 Å². The molecule has 1 aliphatic rings. The molecular formula is C11H12F2O3S. The van der Waals surface area contributed by atoms with E-state index in [0.29, 0.717) is 24.0 Å². The van der Waals surface area contributed by atoms with Gasteiger partial charge in [-0.05, 0) is 30.0 Å². The Hall–Kier alpha value is -1.01. The van der Waals surface area contributed by atoms with Crippen molar-refractivity contribution in [3.63, 3.8) is 0 Å². The molecule has 0 amide bonds. The molecule has 0 heterocycles. The van der Waals surface area contributed by atoms with Gasteiger partial charge < -0.3 is 0 Å². The molecule has 0 N–H and O–H groups in total. The predicted molar refractivity (Wildman–Crippen MR) is 58.1 cm³/mol. The van der Waals surface area contributed by atoms with E-state index < -0.39 is 27.9 Å². The molecule has 94 valence electrons. The maximum absolute atomic E-state index is 13.5. The number of halogens is 2. The summed E-state index contributed by atoms with van der Waals surface area (Å²) in [6.45, 7) is 0. The Kier molecular flexibility index (Phi) is 3.18.